The lowest BCUT2D eigenvalue weighted by atomic mass is 10.2. The van der Waals surface area contributed by atoms with E-state index in [2.05, 4.69) is 21.2 Å². The van der Waals surface area contributed by atoms with Crippen molar-refractivity contribution in [2.45, 2.75) is 13.3 Å². The molecule has 1 aromatic heterocycles. The van der Waals surface area contributed by atoms with Gasteiger partial charge in [-0.1, -0.05) is 18.5 Å². The minimum absolute atomic E-state index is 0.0582. The Hall–Kier alpha value is -1.66. The summed E-state index contributed by atoms with van der Waals surface area (Å²) in [6.07, 6.45) is 0.853. The Bertz CT molecular complexity index is 650. The molecule has 7 heteroatoms. The molecular weight excluding hydrogens is 320 g/mol. The Morgan fingerprint density at radius 2 is 1.91 bits per heavy atom. The van der Waals surface area contributed by atoms with Crippen molar-refractivity contribution in [3.8, 4) is 0 Å². The predicted octanol–water partition coefficient (Wildman–Crippen LogP) is 2.72. The maximum Gasteiger partial charge on any atom is 0.253 e. The molecule has 1 aliphatic rings. The summed E-state index contributed by atoms with van der Waals surface area (Å²) < 4.78 is 4.32. The van der Waals surface area contributed by atoms with Gasteiger partial charge in [0.15, 0.2) is 0 Å². The van der Waals surface area contributed by atoms with E-state index in [4.69, 9.17) is 11.6 Å². The molecule has 2 heterocycles. The van der Waals surface area contributed by atoms with Crippen LogP contribution in [0.25, 0.3) is 0 Å². The van der Waals surface area contributed by atoms with Crippen molar-refractivity contribution in [2.75, 3.05) is 31.1 Å². The molecular formula is C15H17ClN4OS. The molecule has 0 atom stereocenters. The van der Waals surface area contributed by atoms with E-state index >= 15 is 0 Å². The summed E-state index contributed by atoms with van der Waals surface area (Å²) in [6, 6.07) is 7.04. The van der Waals surface area contributed by atoms with Crippen molar-refractivity contribution in [1.82, 2.24) is 14.3 Å². The van der Waals surface area contributed by atoms with Gasteiger partial charge in [0.2, 0.25) is 5.13 Å². The molecule has 0 radical (unpaired) electrons. The van der Waals surface area contributed by atoms with E-state index in [-0.39, 0.29) is 5.91 Å². The first-order valence-corrected chi connectivity index (χ1v) is 8.45. The number of rotatable bonds is 3. The Morgan fingerprint density at radius 3 is 2.50 bits per heavy atom. The first-order chi connectivity index (χ1) is 10.7. The predicted molar refractivity (Wildman–Crippen MR) is 88.9 cm³/mol. The first kappa shape index (κ1) is 15.2. The second-order valence-corrected chi connectivity index (χ2v) is 6.30. The lowest BCUT2D eigenvalue weighted by Crippen LogP contribution is -2.48. The van der Waals surface area contributed by atoms with Gasteiger partial charge in [-0.15, -0.1) is 0 Å². The van der Waals surface area contributed by atoms with Crippen molar-refractivity contribution >= 4 is 34.2 Å². The number of halogens is 1. The smallest absolute Gasteiger partial charge is 0.253 e. The molecule has 0 spiro atoms. The maximum absolute atomic E-state index is 12.4. The van der Waals surface area contributed by atoms with E-state index < -0.39 is 0 Å². The molecule has 1 fully saturated rings. The zero-order chi connectivity index (χ0) is 15.5. The maximum atomic E-state index is 12.4. The summed E-state index contributed by atoms with van der Waals surface area (Å²) in [5.74, 6) is 0.947. The number of aromatic nitrogens is 2. The van der Waals surface area contributed by atoms with Crippen LogP contribution in [-0.2, 0) is 6.42 Å². The van der Waals surface area contributed by atoms with Gasteiger partial charge in [0.05, 0.1) is 0 Å². The highest BCUT2D eigenvalue weighted by molar-refractivity contribution is 7.09. The van der Waals surface area contributed by atoms with Crippen LogP contribution >= 0.6 is 23.1 Å². The summed E-state index contributed by atoms with van der Waals surface area (Å²) in [5.41, 5.74) is 0.682. The molecule has 1 amide bonds. The lowest BCUT2D eigenvalue weighted by molar-refractivity contribution is 0.0747. The van der Waals surface area contributed by atoms with E-state index in [1.54, 1.807) is 24.3 Å². The second kappa shape index (κ2) is 6.62. The van der Waals surface area contributed by atoms with E-state index in [1.165, 1.54) is 11.5 Å². The lowest BCUT2D eigenvalue weighted by Gasteiger charge is -2.34. The Labute approximate surface area is 138 Å². The molecule has 0 bridgehead atoms. The van der Waals surface area contributed by atoms with Gasteiger partial charge in [-0.2, -0.15) is 4.37 Å². The Morgan fingerprint density at radius 1 is 1.23 bits per heavy atom. The van der Waals surface area contributed by atoms with Crippen LogP contribution in [0, 0.1) is 0 Å². The highest BCUT2D eigenvalue weighted by Gasteiger charge is 2.23. The summed E-state index contributed by atoms with van der Waals surface area (Å²) in [5, 5.41) is 1.60. The van der Waals surface area contributed by atoms with Gasteiger partial charge in [0, 0.05) is 54.7 Å². The van der Waals surface area contributed by atoms with Gasteiger partial charge in [0.25, 0.3) is 5.91 Å². The molecule has 22 heavy (non-hydrogen) atoms. The van der Waals surface area contributed by atoms with Crippen molar-refractivity contribution < 1.29 is 4.79 Å². The van der Waals surface area contributed by atoms with Crippen LogP contribution < -0.4 is 4.90 Å². The summed E-state index contributed by atoms with van der Waals surface area (Å²) >= 11 is 7.29. The van der Waals surface area contributed by atoms with E-state index in [0.29, 0.717) is 23.7 Å². The van der Waals surface area contributed by atoms with Gasteiger partial charge < -0.3 is 9.80 Å². The average Bonchev–Trinajstić information content (AvgIpc) is 3.04. The van der Waals surface area contributed by atoms with E-state index in [1.807, 2.05) is 4.90 Å². The molecule has 0 saturated carbocycles. The van der Waals surface area contributed by atoms with E-state index in [0.717, 1.165) is 30.5 Å². The van der Waals surface area contributed by atoms with Crippen molar-refractivity contribution in [1.29, 1.82) is 0 Å². The number of anilines is 1. The Balaban J connectivity index is 1.61. The topological polar surface area (TPSA) is 49.3 Å². The number of nitrogens with zero attached hydrogens (tertiary/aromatic N) is 4. The number of benzene rings is 1. The minimum Gasteiger partial charge on any atom is -0.343 e. The summed E-state index contributed by atoms with van der Waals surface area (Å²) in [6.45, 7) is 5.02. The number of hydrogen-bond acceptors (Lipinski definition) is 5. The minimum atomic E-state index is 0.0582. The molecule has 1 aromatic carbocycles. The fourth-order valence-corrected chi connectivity index (χ4v) is 3.32. The third-order valence-corrected chi connectivity index (χ3v) is 4.77. The molecule has 0 aliphatic carbocycles. The Kier molecular flexibility index (Phi) is 4.59. The fourth-order valence-electron chi connectivity index (χ4n) is 2.39. The highest BCUT2D eigenvalue weighted by Crippen LogP contribution is 2.20. The molecule has 2 aromatic rings. The van der Waals surface area contributed by atoms with Gasteiger partial charge in [0.1, 0.15) is 5.82 Å². The molecule has 116 valence electrons. The van der Waals surface area contributed by atoms with Crippen LogP contribution in [0.5, 0.6) is 0 Å². The highest BCUT2D eigenvalue weighted by atomic mass is 35.5. The summed E-state index contributed by atoms with van der Waals surface area (Å²) in [7, 11) is 0. The van der Waals surface area contributed by atoms with Crippen LogP contribution in [0.3, 0.4) is 0 Å². The quantitative estimate of drug-likeness (QED) is 0.864. The molecule has 5 nitrogen and oxygen atoms in total. The standard InChI is InChI=1S/C15H17ClN4OS/c1-2-13-17-15(22-18-13)20-9-7-19(8-10-20)14(21)11-3-5-12(16)6-4-11/h3-6H,2,7-10H2,1H3. The molecule has 3 rings (SSSR count). The number of piperazine rings is 1. The molecule has 0 unspecified atom stereocenters. The first-order valence-electron chi connectivity index (χ1n) is 7.29. The van der Waals surface area contributed by atoms with Gasteiger partial charge in [-0.25, -0.2) is 4.98 Å². The van der Waals surface area contributed by atoms with Crippen LogP contribution in [0.2, 0.25) is 5.02 Å². The van der Waals surface area contributed by atoms with Crippen LogP contribution in [0.4, 0.5) is 5.13 Å². The average molecular weight is 337 g/mol. The van der Waals surface area contributed by atoms with Crippen LogP contribution in [0.1, 0.15) is 23.1 Å². The van der Waals surface area contributed by atoms with E-state index in [9.17, 15) is 4.79 Å². The largest absolute Gasteiger partial charge is 0.343 e. The number of amides is 1. The zero-order valence-electron chi connectivity index (χ0n) is 12.3. The fraction of sp³-hybridized carbons (Fsp3) is 0.400. The third-order valence-electron chi connectivity index (χ3n) is 3.70. The van der Waals surface area contributed by atoms with Crippen LogP contribution in [-0.4, -0.2) is 46.3 Å². The molecule has 1 aliphatic heterocycles. The molecule has 0 N–H and O–H groups in total. The second-order valence-electron chi connectivity index (χ2n) is 5.13. The van der Waals surface area contributed by atoms with Gasteiger partial charge in [-0.05, 0) is 24.3 Å². The SMILES string of the molecule is CCc1nsc(N2CCN(C(=O)c3ccc(Cl)cc3)CC2)n1. The van der Waals surface area contributed by atoms with Gasteiger partial charge in [-0.3, -0.25) is 4.79 Å². The van der Waals surface area contributed by atoms with Crippen molar-refractivity contribution in [2.24, 2.45) is 0 Å². The molecule has 1 saturated heterocycles. The van der Waals surface area contributed by atoms with Crippen molar-refractivity contribution in [3.05, 3.63) is 40.7 Å². The van der Waals surface area contributed by atoms with Crippen LogP contribution in [0.15, 0.2) is 24.3 Å². The third kappa shape index (κ3) is 3.23. The summed E-state index contributed by atoms with van der Waals surface area (Å²) in [4.78, 5) is 21.0. The monoisotopic (exact) mass is 336 g/mol. The van der Waals surface area contributed by atoms with Crippen molar-refractivity contribution in [3.63, 3.8) is 0 Å². The zero-order valence-corrected chi connectivity index (χ0v) is 13.9. The number of carbonyl (C=O) groups excluding carboxylic acids is 1. The number of aryl methyl sites for hydroxylation is 1. The van der Waals surface area contributed by atoms with Gasteiger partial charge >= 0.3 is 0 Å². The normalized spacial score (nSPS) is 15.2. The number of carbonyl (C=O) groups is 1. The number of hydrogen-bond donors (Lipinski definition) is 0.